The Bertz CT molecular complexity index is 893. The second-order valence-corrected chi connectivity index (χ2v) is 7.91. The lowest BCUT2D eigenvalue weighted by Crippen LogP contribution is -2.38. The topological polar surface area (TPSA) is 104 Å². The van der Waals surface area contributed by atoms with E-state index in [0.717, 1.165) is 0 Å². The Morgan fingerprint density at radius 3 is 2.15 bits per heavy atom. The highest BCUT2D eigenvalue weighted by Crippen LogP contribution is 2.18. The zero-order valence-electron chi connectivity index (χ0n) is 15.1. The molecule has 0 atom stereocenters. The van der Waals surface area contributed by atoms with Gasteiger partial charge in [0.05, 0.1) is 11.3 Å². The fourth-order valence-corrected chi connectivity index (χ4v) is 3.55. The van der Waals surface area contributed by atoms with Gasteiger partial charge >= 0.3 is 5.97 Å². The van der Waals surface area contributed by atoms with Crippen molar-refractivity contribution in [1.29, 1.82) is 0 Å². The second-order valence-electron chi connectivity index (χ2n) is 6.23. The van der Waals surface area contributed by atoms with Crippen molar-refractivity contribution in [3.63, 3.8) is 0 Å². The lowest BCUT2D eigenvalue weighted by Gasteiger charge is -2.26. The van der Waals surface area contributed by atoms with Gasteiger partial charge in [-0.25, -0.2) is 8.42 Å². The maximum absolute atomic E-state index is 12.6. The van der Waals surface area contributed by atoms with Crippen LogP contribution in [0.2, 0.25) is 0 Å². The number of carboxylic acid groups (broad SMARTS) is 1. The van der Waals surface area contributed by atoms with Crippen molar-refractivity contribution in [3.8, 4) is 0 Å². The van der Waals surface area contributed by atoms with Crippen molar-refractivity contribution in [3.05, 3.63) is 60.2 Å². The molecule has 0 aromatic heterocycles. The van der Waals surface area contributed by atoms with Crippen LogP contribution in [0.3, 0.4) is 0 Å². The molecule has 8 heteroatoms. The van der Waals surface area contributed by atoms with Gasteiger partial charge < -0.3 is 10.0 Å². The molecule has 27 heavy (non-hydrogen) atoms. The quantitative estimate of drug-likeness (QED) is 0.721. The highest BCUT2D eigenvalue weighted by atomic mass is 32.2. The Morgan fingerprint density at radius 1 is 1.04 bits per heavy atom. The summed E-state index contributed by atoms with van der Waals surface area (Å²) in [7, 11) is -3.70. The van der Waals surface area contributed by atoms with Crippen molar-refractivity contribution in [1.82, 2.24) is 4.90 Å². The third-order valence-electron chi connectivity index (χ3n) is 3.89. The van der Waals surface area contributed by atoms with Crippen LogP contribution < -0.4 is 4.72 Å². The van der Waals surface area contributed by atoms with Crippen LogP contribution in [-0.2, 0) is 14.8 Å². The number of benzene rings is 2. The molecule has 0 unspecified atom stereocenters. The van der Waals surface area contributed by atoms with Gasteiger partial charge in [0.2, 0.25) is 0 Å². The third-order valence-corrected chi connectivity index (χ3v) is 5.29. The van der Waals surface area contributed by atoms with Crippen LogP contribution >= 0.6 is 0 Å². The number of nitrogens with one attached hydrogen (secondary N) is 1. The Kier molecular flexibility index (Phi) is 6.57. The van der Waals surface area contributed by atoms with Crippen molar-refractivity contribution >= 4 is 27.6 Å². The molecule has 0 aliphatic rings. The number of anilines is 1. The predicted octanol–water partition coefficient (Wildman–Crippen LogP) is 2.81. The number of hydrogen-bond donors (Lipinski definition) is 2. The first-order valence-electron chi connectivity index (χ1n) is 8.41. The van der Waals surface area contributed by atoms with Crippen molar-refractivity contribution in [2.24, 2.45) is 0 Å². The van der Waals surface area contributed by atoms with Crippen LogP contribution in [0.25, 0.3) is 0 Å². The first kappa shape index (κ1) is 20.4. The molecular weight excluding hydrogens is 368 g/mol. The number of sulfonamides is 1. The lowest BCUT2D eigenvalue weighted by atomic mass is 10.1. The molecule has 0 aliphatic heterocycles. The van der Waals surface area contributed by atoms with Crippen LogP contribution in [-0.4, -0.2) is 42.9 Å². The van der Waals surface area contributed by atoms with Crippen LogP contribution in [0, 0.1) is 0 Å². The number of aliphatic carboxylic acids is 1. The predicted molar refractivity (Wildman–Crippen MR) is 102 cm³/mol. The molecule has 2 rings (SSSR count). The van der Waals surface area contributed by atoms with Crippen LogP contribution in [0.15, 0.2) is 59.5 Å². The van der Waals surface area contributed by atoms with E-state index in [0.29, 0.717) is 11.3 Å². The molecule has 0 saturated heterocycles. The molecule has 0 heterocycles. The van der Waals surface area contributed by atoms with Crippen LogP contribution in [0.5, 0.6) is 0 Å². The van der Waals surface area contributed by atoms with E-state index in [-0.39, 0.29) is 29.8 Å². The maximum atomic E-state index is 12.6. The largest absolute Gasteiger partial charge is 0.481 e. The lowest BCUT2D eigenvalue weighted by molar-refractivity contribution is -0.137. The summed E-state index contributed by atoms with van der Waals surface area (Å²) in [6.07, 6.45) is -0.140. The average molecular weight is 390 g/mol. The Morgan fingerprint density at radius 2 is 1.63 bits per heavy atom. The molecule has 0 radical (unpaired) electrons. The van der Waals surface area contributed by atoms with E-state index in [1.165, 1.54) is 41.3 Å². The van der Waals surface area contributed by atoms with Gasteiger partial charge in [0.25, 0.3) is 15.9 Å². The highest BCUT2D eigenvalue weighted by Gasteiger charge is 2.20. The fraction of sp³-hybridized carbons (Fsp3) is 0.263. The minimum Gasteiger partial charge on any atom is -0.481 e. The Labute approximate surface area is 158 Å². The minimum atomic E-state index is -3.70. The molecule has 0 aliphatic carbocycles. The molecular formula is C19H22N2O5S. The first-order chi connectivity index (χ1) is 12.7. The van der Waals surface area contributed by atoms with Gasteiger partial charge in [-0.15, -0.1) is 0 Å². The standard InChI is InChI=1S/C19H22N2O5S/c1-14(2)21(13-12-18(22)23)19(24)15-8-10-16(11-9-15)20-27(25,26)17-6-4-3-5-7-17/h3-11,14,20H,12-13H2,1-2H3,(H,22,23). The molecule has 0 fully saturated rings. The number of nitrogens with zero attached hydrogens (tertiary/aromatic N) is 1. The van der Waals surface area contributed by atoms with E-state index in [1.54, 1.807) is 18.2 Å². The van der Waals surface area contributed by atoms with Gasteiger partial charge in [-0.3, -0.25) is 14.3 Å². The van der Waals surface area contributed by atoms with Crippen molar-refractivity contribution in [2.45, 2.75) is 31.2 Å². The molecule has 0 spiro atoms. The van der Waals surface area contributed by atoms with Crippen molar-refractivity contribution < 1.29 is 23.1 Å². The van der Waals surface area contributed by atoms with Gasteiger partial charge in [0, 0.05) is 23.8 Å². The average Bonchev–Trinajstić information content (AvgIpc) is 2.62. The second kappa shape index (κ2) is 8.68. The normalized spacial score (nSPS) is 11.2. The van der Waals surface area contributed by atoms with Gasteiger partial charge in [0.15, 0.2) is 0 Å². The maximum Gasteiger partial charge on any atom is 0.305 e. The first-order valence-corrected chi connectivity index (χ1v) is 9.89. The summed E-state index contributed by atoms with van der Waals surface area (Å²) in [6, 6.07) is 13.8. The molecule has 144 valence electrons. The summed E-state index contributed by atoms with van der Waals surface area (Å²) in [4.78, 5) is 25.0. The number of carbonyl (C=O) groups excluding carboxylic acids is 1. The summed E-state index contributed by atoms with van der Waals surface area (Å²) in [6.45, 7) is 3.72. The van der Waals surface area contributed by atoms with Crippen LogP contribution in [0.1, 0.15) is 30.6 Å². The summed E-state index contributed by atoms with van der Waals surface area (Å²) >= 11 is 0. The minimum absolute atomic E-state index is 0.105. The van der Waals surface area contributed by atoms with E-state index in [1.807, 2.05) is 13.8 Å². The summed E-state index contributed by atoms with van der Waals surface area (Å²) in [5.41, 5.74) is 0.689. The molecule has 0 saturated carbocycles. The SMILES string of the molecule is CC(C)N(CCC(=O)O)C(=O)c1ccc(NS(=O)(=O)c2ccccc2)cc1. The Balaban J connectivity index is 2.14. The molecule has 2 N–H and O–H groups in total. The van der Waals surface area contributed by atoms with E-state index in [9.17, 15) is 18.0 Å². The van der Waals surface area contributed by atoms with Gasteiger partial charge in [-0.2, -0.15) is 0 Å². The summed E-state index contributed by atoms with van der Waals surface area (Å²) in [5.74, 6) is -1.28. The van der Waals surface area contributed by atoms with Gasteiger partial charge in [-0.05, 0) is 50.2 Å². The fourth-order valence-electron chi connectivity index (χ4n) is 2.47. The highest BCUT2D eigenvalue weighted by molar-refractivity contribution is 7.92. The zero-order chi connectivity index (χ0) is 20.0. The van der Waals surface area contributed by atoms with Crippen molar-refractivity contribution in [2.75, 3.05) is 11.3 Å². The van der Waals surface area contributed by atoms with E-state index in [4.69, 9.17) is 5.11 Å². The number of carbonyl (C=O) groups is 2. The Hall–Kier alpha value is -2.87. The zero-order valence-corrected chi connectivity index (χ0v) is 15.9. The molecule has 1 amide bonds. The molecule has 2 aromatic carbocycles. The van der Waals surface area contributed by atoms with E-state index in [2.05, 4.69) is 4.72 Å². The third kappa shape index (κ3) is 5.55. The smallest absolute Gasteiger partial charge is 0.305 e. The molecule has 2 aromatic rings. The molecule has 7 nitrogen and oxygen atoms in total. The number of rotatable bonds is 8. The van der Waals surface area contributed by atoms with Gasteiger partial charge in [0.1, 0.15) is 0 Å². The number of carboxylic acids is 1. The summed E-state index contributed by atoms with van der Waals surface area (Å²) in [5, 5.41) is 8.83. The van der Waals surface area contributed by atoms with Gasteiger partial charge in [-0.1, -0.05) is 18.2 Å². The summed E-state index contributed by atoms with van der Waals surface area (Å²) < 4.78 is 27.1. The van der Waals surface area contributed by atoms with Crippen LogP contribution in [0.4, 0.5) is 5.69 Å². The number of hydrogen-bond acceptors (Lipinski definition) is 4. The number of amides is 1. The molecule has 0 bridgehead atoms. The monoisotopic (exact) mass is 390 g/mol. The van der Waals surface area contributed by atoms with E-state index >= 15 is 0 Å². The van der Waals surface area contributed by atoms with E-state index < -0.39 is 16.0 Å².